The van der Waals surface area contributed by atoms with Gasteiger partial charge in [0.15, 0.2) is 6.61 Å². The lowest BCUT2D eigenvalue weighted by atomic mass is 9.73. The van der Waals surface area contributed by atoms with Crippen LogP contribution in [-0.4, -0.2) is 54.0 Å². The second-order valence-electron chi connectivity index (χ2n) is 6.80. The SMILES string of the molecule is CCCCNC(=O)COC(=O)CN1C(=O)N[C@]2(CCCC[C@H]2C)C1=O. The zero-order valence-electron chi connectivity index (χ0n) is 14.9. The summed E-state index contributed by atoms with van der Waals surface area (Å²) in [6, 6.07) is -0.567. The van der Waals surface area contributed by atoms with Crippen molar-refractivity contribution in [2.24, 2.45) is 5.92 Å². The summed E-state index contributed by atoms with van der Waals surface area (Å²) in [6.07, 6.45) is 5.15. The molecule has 1 saturated carbocycles. The van der Waals surface area contributed by atoms with Crippen LogP contribution in [0.1, 0.15) is 52.4 Å². The lowest BCUT2D eigenvalue weighted by molar-refractivity contribution is -0.151. The van der Waals surface area contributed by atoms with E-state index in [1.165, 1.54) is 0 Å². The van der Waals surface area contributed by atoms with Gasteiger partial charge in [-0.15, -0.1) is 0 Å². The number of rotatable bonds is 7. The average Bonchev–Trinajstić information content (AvgIpc) is 2.81. The van der Waals surface area contributed by atoms with Crippen molar-refractivity contribution >= 4 is 23.8 Å². The molecule has 0 radical (unpaired) electrons. The van der Waals surface area contributed by atoms with E-state index in [0.717, 1.165) is 37.0 Å². The number of hydrogen-bond donors (Lipinski definition) is 2. The van der Waals surface area contributed by atoms with Crippen LogP contribution in [0.3, 0.4) is 0 Å². The minimum Gasteiger partial charge on any atom is -0.454 e. The highest BCUT2D eigenvalue weighted by atomic mass is 16.5. The second-order valence-corrected chi connectivity index (χ2v) is 6.80. The molecule has 2 aliphatic rings. The molecule has 1 heterocycles. The third-order valence-corrected chi connectivity index (χ3v) is 5.01. The van der Waals surface area contributed by atoms with E-state index in [1.807, 2.05) is 13.8 Å². The van der Waals surface area contributed by atoms with E-state index in [9.17, 15) is 19.2 Å². The Labute approximate surface area is 147 Å². The number of nitrogens with one attached hydrogen (secondary N) is 2. The lowest BCUT2D eigenvalue weighted by Crippen LogP contribution is -2.54. The van der Waals surface area contributed by atoms with Gasteiger partial charge in [-0.25, -0.2) is 4.79 Å². The number of nitrogens with zero attached hydrogens (tertiary/aromatic N) is 1. The van der Waals surface area contributed by atoms with Crippen LogP contribution in [0.15, 0.2) is 0 Å². The van der Waals surface area contributed by atoms with E-state index in [-0.39, 0.29) is 11.8 Å². The van der Waals surface area contributed by atoms with Gasteiger partial charge in [0.1, 0.15) is 12.1 Å². The minimum atomic E-state index is -0.896. The predicted molar refractivity (Wildman–Crippen MR) is 89.5 cm³/mol. The van der Waals surface area contributed by atoms with Crippen molar-refractivity contribution in [1.82, 2.24) is 15.5 Å². The molecule has 1 aliphatic heterocycles. The maximum Gasteiger partial charge on any atom is 0.326 e. The molecule has 0 aromatic carbocycles. The van der Waals surface area contributed by atoms with Crippen LogP contribution >= 0.6 is 0 Å². The third kappa shape index (κ3) is 4.29. The largest absolute Gasteiger partial charge is 0.454 e. The monoisotopic (exact) mass is 353 g/mol. The minimum absolute atomic E-state index is 0.0306. The number of ether oxygens (including phenoxy) is 1. The normalized spacial score (nSPS) is 25.8. The van der Waals surface area contributed by atoms with E-state index in [0.29, 0.717) is 13.0 Å². The number of imide groups is 1. The van der Waals surface area contributed by atoms with Gasteiger partial charge in [-0.05, 0) is 25.2 Å². The Morgan fingerprint density at radius 2 is 2.12 bits per heavy atom. The highest BCUT2D eigenvalue weighted by molar-refractivity contribution is 6.09. The van der Waals surface area contributed by atoms with Crippen molar-refractivity contribution in [2.75, 3.05) is 19.7 Å². The summed E-state index contributed by atoms with van der Waals surface area (Å²) in [5.74, 6) is -1.50. The summed E-state index contributed by atoms with van der Waals surface area (Å²) < 4.78 is 4.87. The molecule has 0 aromatic heterocycles. The summed E-state index contributed by atoms with van der Waals surface area (Å²) >= 11 is 0. The first-order valence-corrected chi connectivity index (χ1v) is 8.97. The molecule has 25 heavy (non-hydrogen) atoms. The molecule has 2 rings (SSSR count). The zero-order valence-corrected chi connectivity index (χ0v) is 14.9. The first-order valence-electron chi connectivity index (χ1n) is 8.97. The number of unbranched alkanes of at least 4 members (excludes halogenated alkanes) is 1. The molecule has 0 bridgehead atoms. The van der Waals surface area contributed by atoms with Crippen molar-refractivity contribution in [3.05, 3.63) is 0 Å². The molecule has 4 amide bonds. The Balaban J connectivity index is 1.85. The Hall–Kier alpha value is -2.12. The van der Waals surface area contributed by atoms with Crippen molar-refractivity contribution < 1.29 is 23.9 Å². The number of carbonyl (C=O) groups excluding carboxylic acids is 4. The summed E-state index contributed by atoms with van der Waals surface area (Å²) in [6.45, 7) is 3.60. The number of hydrogen-bond acceptors (Lipinski definition) is 5. The van der Waals surface area contributed by atoms with Crippen molar-refractivity contribution in [2.45, 2.75) is 57.9 Å². The Morgan fingerprint density at radius 3 is 2.80 bits per heavy atom. The van der Waals surface area contributed by atoms with Crippen molar-refractivity contribution in [1.29, 1.82) is 0 Å². The summed E-state index contributed by atoms with van der Waals surface area (Å²) in [7, 11) is 0. The molecule has 2 fully saturated rings. The quantitative estimate of drug-likeness (QED) is 0.403. The standard InChI is InChI=1S/C17H27N3O5/c1-3-4-9-18-13(21)11-25-14(22)10-20-15(23)17(19-16(20)24)8-6-5-7-12(17)2/h12H,3-11H2,1-2H3,(H,18,21)(H,19,24)/t12-,17+/m1/s1. The first-order chi connectivity index (χ1) is 11.9. The van der Waals surface area contributed by atoms with Crippen LogP contribution in [0, 0.1) is 5.92 Å². The maximum atomic E-state index is 12.7. The fourth-order valence-electron chi connectivity index (χ4n) is 3.42. The molecule has 1 spiro atoms. The molecule has 8 nitrogen and oxygen atoms in total. The Morgan fingerprint density at radius 1 is 1.36 bits per heavy atom. The Bertz CT molecular complexity index is 550. The van der Waals surface area contributed by atoms with Gasteiger partial charge in [0.25, 0.3) is 11.8 Å². The molecule has 1 saturated heterocycles. The van der Waals surface area contributed by atoms with Gasteiger partial charge in [0.05, 0.1) is 0 Å². The Kier molecular flexibility index (Phi) is 6.39. The maximum absolute atomic E-state index is 12.7. The second kappa shape index (κ2) is 8.31. The van der Waals surface area contributed by atoms with Crippen LogP contribution in [0.4, 0.5) is 4.79 Å². The smallest absolute Gasteiger partial charge is 0.326 e. The van der Waals surface area contributed by atoms with Gasteiger partial charge in [0.2, 0.25) is 0 Å². The topological polar surface area (TPSA) is 105 Å². The van der Waals surface area contributed by atoms with Crippen LogP contribution < -0.4 is 10.6 Å². The van der Waals surface area contributed by atoms with Gasteiger partial charge >= 0.3 is 12.0 Å². The number of amides is 4. The fraction of sp³-hybridized carbons (Fsp3) is 0.765. The van der Waals surface area contributed by atoms with Crippen LogP contribution in [0.25, 0.3) is 0 Å². The fourth-order valence-corrected chi connectivity index (χ4v) is 3.42. The van der Waals surface area contributed by atoms with Gasteiger partial charge < -0.3 is 15.4 Å². The zero-order chi connectivity index (χ0) is 18.4. The van der Waals surface area contributed by atoms with Crippen molar-refractivity contribution in [3.63, 3.8) is 0 Å². The van der Waals surface area contributed by atoms with Gasteiger partial charge in [-0.3, -0.25) is 19.3 Å². The van der Waals surface area contributed by atoms with E-state index in [4.69, 9.17) is 4.74 Å². The molecule has 1 aliphatic carbocycles. The van der Waals surface area contributed by atoms with Crippen LogP contribution in [0.5, 0.6) is 0 Å². The van der Waals surface area contributed by atoms with E-state index in [2.05, 4.69) is 10.6 Å². The molecule has 140 valence electrons. The first kappa shape index (κ1) is 19.2. The lowest BCUT2D eigenvalue weighted by Gasteiger charge is -2.36. The van der Waals surface area contributed by atoms with Crippen LogP contribution in [-0.2, 0) is 19.1 Å². The van der Waals surface area contributed by atoms with Gasteiger partial charge in [0, 0.05) is 6.54 Å². The molecule has 0 aromatic rings. The molecule has 2 N–H and O–H groups in total. The summed E-state index contributed by atoms with van der Waals surface area (Å²) in [5, 5.41) is 5.40. The van der Waals surface area contributed by atoms with Gasteiger partial charge in [-0.1, -0.05) is 33.1 Å². The molecule has 0 unspecified atom stereocenters. The highest BCUT2D eigenvalue weighted by Gasteiger charge is 2.55. The van der Waals surface area contributed by atoms with Crippen LogP contribution in [0.2, 0.25) is 0 Å². The highest BCUT2D eigenvalue weighted by Crippen LogP contribution is 2.38. The van der Waals surface area contributed by atoms with E-state index in [1.54, 1.807) is 0 Å². The average molecular weight is 353 g/mol. The number of esters is 1. The van der Waals surface area contributed by atoms with Gasteiger partial charge in [-0.2, -0.15) is 0 Å². The summed E-state index contributed by atoms with van der Waals surface area (Å²) in [5.41, 5.74) is -0.896. The van der Waals surface area contributed by atoms with Crippen molar-refractivity contribution in [3.8, 4) is 0 Å². The predicted octanol–water partition coefficient (Wildman–Crippen LogP) is 0.947. The van der Waals surface area contributed by atoms with E-state index >= 15 is 0 Å². The number of carbonyl (C=O) groups is 4. The number of urea groups is 1. The van der Waals surface area contributed by atoms with E-state index < -0.39 is 36.6 Å². The summed E-state index contributed by atoms with van der Waals surface area (Å²) in [4.78, 5) is 49.2. The molecule has 8 heteroatoms. The molecular formula is C17H27N3O5. The third-order valence-electron chi connectivity index (χ3n) is 5.01. The molecular weight excluding hydrogens is 326 g/mol. The molecule has 2 atom stereocenters.